The maximum atomic E-state index is 12.4. The Balaban J connectivity index is 3.47. The summed E-state index contributed by atoms with van der Waals surface area (Å²) < 4.78 is 5.47. The number of aliphatic hydroxyl groups excluding tert-OH is 2. The molecule has 6 heteroatoms. The highest BCUT2D eigenvalue weighted by Crippen LogP contribution is 2.16. The Labute approximate surface area is 373 Å². The third-order valence-electron chi connectivity index (χ3n) is 12.2. The molecule has 0 bridgehead atoms. The van der Waals surface area contributed by atoms with Gasteiger partial charge in [-0.1, -0.05) is 237 Å². The predicted octanol–water partition coefficient (Wildman–Crippen LogP) is 15.9. The fraction of sp³-hybridized carbons (Fsp3) is 0.889. The van der Waals surface area contributed by atoms with E-state index >= 15 is 0 Å². The first-order valence-electron chi connectivity index (χ1n) is 26.6. The third kappa shape index (κ3) is 45.9. The zero-order chi connectivity index (χ0) is 43.7. The maximum Gasteiger partial charge on any atom is 0.305 e. The summed E-state index contributed by atoms with van der Waals surface area (Å²) >= 11 is 0. The van der Waals surface area contributed by atoms with E-state index < -0.39 is 12.1 Å². The van der Waals surface area contributed by atoms with Crippen molar-refractivity contribution in [1.29, 1.82) is 0 Å². The number of allylic oxidation sites excluding steroid dienone is 3. The quantitative estimate of drug-likeness (QED) is 0.0322. The summed E-state index contributed by atoms with van der Waals surface area (Å²) in [5.74, 6) is -0.103. The highest BCUT2D eigenvalue weighted by atomic mass is 16.5. The average Bonchev–Trinajstić information content (AvgIpc) is 3.25. The zero-order valence-corrected chi connectivity index (χ0v) is 40.2. The van der Waals surface area contributed by atoms with Crippen molar-refractivity contribution in [2.75, 3.05) is 13.2 Å². The molecule has 0 spiro atoms. The van der Waals surface area contributed by atoms with E-state index in [9.17, 15) is 19.8 Å². The number of hydrogen-bond donors (Lipinski definition) is 3. The number of aliphatic hydroxyl groups is 2. The number of carbonyl (C=O) groups is 2. The van der Waals surface area contributed by atoms with E-state index in [0.29, 0.717) is 19.4 Å². The Morgan fingerprint density at radius 2 is 0.783 bits per heavy atom. The molecule has 60 heavy (non-hydrogen) atoms. The van der Waals surface area contributed by atoms with Crippen LogP contribution in [0.2, 0.25) is 0 Å². The van der Waals surface area contributed by atoms with E-state index in [-0.39, 0.29) is 18.5 Å². The lowest BCUT2D eigenvalue weighted by atomic mass is 10.0. The van der Waals surface area contributed by atoms with Crippen LogP contribution in [0, 0.1) is 0 Å². The summed E-state index contributed by atoms with van der Waals surface area (Å²) in [5.41, 5.74) is 0. The number of unbranched alkanes of at least 4 members (excludes halogenated alkanes) is 36. The van der Waals surface area contributed by atoms with Crippen LogP contribution in [0.5, 0.6) is 0 Å². The van der Waals surface area contributed by atoms with E-state index in [2.05, 4.69) is 31.3 Å². The van der Waals surface area contributed by atoms with E-state index in [0.717, 1.165) is 57.8 Å². The molecule has 2 unspecified atom stereocenters. The maximum absolute atomic E-state index is 12.4. The first-order valence-corrected chi connectivity index (χ1v) is 26.6. The van der Waals surface area contributed by atoms with Crippen LogP contribution in [0.1, 0.15) is 284 Å². The Hall–Kier alpha value is -1.66. The molecule has 0 heterocycles. The highest BCUT2D eigenvalue weighted by Gasteiger charge is 2.18. The molecule has 0 radical (unpaired) electrons. The monoisotopic (exact) mass is 846 g/mol. The van der Waals surface area contributed by atoms with Crippen LogP contribution < -0.4 is 5.32 Å². The summed E-state index contributed by atoms with van der Waals surface area (Å²) in [7, 11) is 0. The number of carbonyl (C=O) groups excluding carboxylic acids is 2. The summed E-state index contributed by atoms with van der Waals surface area (Å²) in [5, 5.41) is 23.0. The van der Waals surface area contributed by atoms with Gasteiger partial charge in [-0.2, -0.15) is 0 Å². The molecule has 0 saturated heterocycles. The molecule has 354 valence electrons. The molecule has 0 fully saturated rings. The molecule has 0 aliphatic carbocycles. The molecule has 6 nitrogen and oxygen atoms in total. The summed E-state index contributed by atoms with van der Waals surface area (Å²) in [4.78, 5) is 24.5. The van der Waals surface area contributed by atoms with Crippen LogP contribution in [0.25, 0.3) is 0 Å². The predicted molar refractivity (Wildman–Crippen MR) is 260 cm³/mol. The molecule has 0 aromatic rings. The molecule has 0 aromatic carbocycles. The van der Waals surface area contributed by atoms with Crippen molar-refractivity contribution in [3.05, 3.63) is 24.3 Å². The molecular formula is C54H103NO5. The van der Waals surface area contributed by atoms with Crippen LogP contribution >= 0.6 is 0 Å². The van der Waals surface area contributed by atoms with Crippen molar-refractivity contribution in [2.24, 2.45) is 0 Å². The van der Waals surface area contributed by atoms with Crippen LogP contribution in [0.4, 0.5) is 0 Å². The first-order chi connectivity index (χ1) is 29.5. The fourth-order valence-corrected chi connectivity index (χ4v) is 8.10. The van der Waals surface area contributed by atoms with Gasteiger partial charge < -0.3 is 20.3 Å². The zero-order valence-electron chi connectivity index (χ0n) is 40.2. The van der Waals surface area contributed by atoms with Crippen molar-refractivity contribution < 1.29 is 24.5 Å². The smallest absolute Gasteiger partial charge is 0.305 e. The molecule has 0 aliphatic heterocycles. The van der Waals surface area contributed by atoms with Crippen LogP contribution in [-0.2, 0) is 14.3 Å². The van der Waals surface area contributed by atoms with Gasteiger partial charge in [-0.05, 0) is 57.8 Å². The Morgan fingerprint density at radius 1 is 0.450 bits per heavy atom. The van der Waals surface area contributed by atoms with Gasteiger partial charge in [0.25, 0.3) is 0 Å². The van der Waals surface area contributed by atoms with Gasteiger partial charge in [0.2, 0.25) is 5.91 Å². The van der Waals surface area contributed by atoms with Gasteiger partial charge >= 0.3 is 5.97 Å². The number of ether oxygens (including phenoxy) is 1. The van der Waals surface area contributed by atoms with Gasteiger partial charge in [0.05, 0.1) is 25.4 Å². The fourth-order valence-electron chi connectivity index (χ4n) is 8.10. The molecule has 0 saturated carbocycles. The van der Waals surface area contributed by atoms with E-state index in [1.165, 1.54) is 199 Å². The topological polar surface area (TPSA) is 95.9 Å². The first kappa shape index (κ1) is 58.3. The summed E-state index contributed by atoms with van der Waals surface area (Å²) in [6.45, 7) is 4.85. The van der Waals surface area contributed by atoms with Gasteiger partial charge in [0, 0.05) is 12.8 Å². The van der Waals surface area contributed by atoms with Crippen molar-refractivity contribution in [1.82, 2.24) is 5.32 Å². The van der Waals surface area contributed by atoms with Crippen molar-refractivity contribution >= 4 is 11.9 Å². The lowest BCUT2D eigenvalue weighted by molar-refractivity contribution is -0.143. The van der Waals surface area contributed by atoms with Gasteiger partial charge in [-0.3, -0.25) is 9.59 Å². The van der Waals surface area contributed by atoms with E-state index in [1.54, 1.807) is 6.08 Å². The summed E-state index contributed by atoms with van der Waals surface area (Å²) in [6, 6.07) is -0.641. The minimum absolute atomic E-state index is 0.0161. The van der Waals surface area contributed by atoms with Gasteiger partial charge in [-0.25, -0.2) is 0 Å². The van der Waals surface area contributed by atoms with Crippen molar-refractivity contribution in [3.63, 3.8) is 0 Å². The highest BCUT2D eigenvalue weighted by molar-refractivity contribution is 5.76. The SMILES string of the molecule is CCCCCCCC/C=C\CCCCCCCCCCCC(=O)OCCCCCCCCCCCCCC(=O)NC(CO)C(O)/C=C/CCCCCCCCCCCCC. The largest absolute Gasteiger partial charge is 0.466 e. The number of rotatable bonds is 49. The van der Waals surface area contributed by atoms with Crippen molar-refractivity contribution in [3.8, 4) is 0 Å². The number of hydrogen-bond acceptors (Lipinski definition) is 5. The van der Waals surface area contributed by atoms with Gasteiger partial charge in [0.1, 0.15) is 0 Å². The molecule has 0 aliphatic rings. The average molecular weight is 846 g/mol. The van der Waals surface area contributed by atoms with Crippen LogP contribution in [0.15, 0.2) is 24.3 Å². The Morgan fingerprint density at radius 3 is 1.18 bits per heavy atom. The second-order valence-electron chi connectivity index (χ2n) is 18.2. The van der Waals surface area contributed by atoms with Crippen LogP contribution in [-0.4, -0.2) is 47.4 Å². The van der Waals surface area contributed by atoms with E-state index in [4.69, 9.17) is 4.74 Å². The van der Waals surface area contributed by atoms with E-state index in [1.807, 2.05) is 6.08 Å². The molecule has 0 aromatic heterocycles. The lowest BCUT2D eigenvalue weighted by Gasteiger charge is -2.20. The lowest BCUT2D eigenvalue weighted by Crippen LogP contribution is -2.45. The van der Waals surface area contributed by atoms with Gasteiger partial charge in [0.15, 0.2) is 0 Å². The number of nitrogens with one attached hydrogen (secondary N) is 1. The number of amides is 1. The molecular weight excluding hydrogens is 743 g/mol. The molecule has 2 atom stereocenters. The van der Waals surface area contributed by atoms with Gasteiger partial charge in [-0.15, -0.1) is 0 Å². The Kier molecular flexibility index (Phi) is 48.6. The number of esters is 1. The normalized spacial score (nSPS) is 12.8. The Bertz CT molecular complexity index is 935. The summed E-state index contributed by atoms with van der Waals surface area (Å²) in [6.07, 6.45) is 58.9. The van der Waals surface area contributed by atoms with Crippen molar-refractivity contribution in [2.45, 2.75) is 296 Å². The minimum atomic E-state index is -0.855. The second-order valence-corrected chi connectivity index (χ2v) is 18.2. The minimum Gasteiger partial charge on any atom is -0.466 e. The molecule has 3 N–H and O–H groups in total. The third-order valence-corrected chi connectivity index (χ3v) is 12.2. The van der Waals surface area contributed by atoms with Crippen LogP contribution in [0.3, 0.4) is 0 Å². The molecule has 1 amide bonds. The standard InChI is InChI=1S/C54H103NO5/c1-3-5-7-9-11-13-15-17-18-19-20-21-22-24-28-32-36-40-44-48-54(59)60-49-45-41-37-33-29-25-27-31-35-39-43-47-53(58)55-51(50-56)52(57)46-42-38-34-30-26-23-16-14-12-10-8-6-4-2/h17-18,42,46,51-52,56-57H,3-16,19-41,43-45,47-50H2,1-2H3,(H,55,58)/b18-17-,46-42+. The second kappa shape index (κ2) is 50.0. The molecule has 0 rings (SSSR count).